The Morgan fingerprint density at radius 1 is 1.15 bits per heavy atom. The summed E-state index contributed by atoms with van der Waals surface area (Å²) in [6.07, 6.45) is 0. The molecule has 0 saturated carbocycles. The van der Waals surface area contributed by atoms with Gasteiger partial charge < -0.3 is 9.84 Å². The molecule has 2 aromatic carbocycles. The third kappa shape index (κ3) is 2.77. The summed E-state index contributed by atoms with van der Waals surface area (Å²) in [7, 11) is 0. The van der Waals surface area contributed by atoms with Crippen molar-refractivity contribution in [3.8, 4) is 16.9 Å². The van der Waals surface area contributed by atoms with Gasteiger partial charge in [-0.15, -0.1) is 0 Å². The maximum atomic E-state index is 13.8. The molecule has 20 heavy (non-hydrogen) atoms. The van der Waals surface area contributed by atoms with Crippen molar-refractivity contribution in [2.75, 3.05) is 6.61 Å². The van der Waals surface area contributed by atoms with Crippen molar-refractivity contribution in [1.29, 1.82) is 0 Å². The summed E-state index contributed by atoms with van der Waals surface area (Å²) in [4.78, 5) is 10.9. The monoisotopic (exact) mass is 278 g/mol. The van der Waals surface area contributed by atoms with Crippen molar-refractivity contribution < 1.29 is 23.4 Å². The van der Waals surface area contributed by atoms with Gasteiger partial charge in [-0.2, -0.15) is 0 Å². The number of carbonyl (C=O) groups is 1. The molecule has 0 saturated heterocycles. The van der Waals surface area contributed by atoms with Crippen molar-refractivity contribution in [2.45, 2.75) is 6.92 Å². The molecule has 2 aromatic rings. The summed E-state index contributed by atoms with van der Waals surface area (Å²) < 4.78 is 32.6. The lowest BCUT2D eigenvalue weighted by Crippen LogP contribution is -1.98. The maximum Gasteiger partial charge on any atom is 0.335 e. The zero-order valence-corrected chi connectivity index (χ0v) is 10.7. The first kappa shape index (κ1) is 14.0. The number of carboxylic acids is 1. The zero-order valence-electron chi connectivity index (χ0n) is 10.7. The average Bonchev–Trinajstić information content (AvgIpc) is 2.41. The van der Waals surface area contributed by atoms with Crippen LogP contribution >= 0.6 is 0 Å². The Balaban J connectivity index is 2.48. The first-order chi connectivity index (χ1) is 9.52. The number of hydrogen-bond acceptors (Lipinski definition) is 2. The van der Waals surface area contributed by atoms with Crippen LogP contribution in [-0.2, 0) is 0 Å². The minimum atomic E-state index is -1.17. The Morgan fingerprint density at radius 2 is 1.90 bits per heavy atom. The van der Waals surface area contributed by atoms with Crippen molar-refractivity contribution in [3.05, 3.63) is 53.6 Å². The minimum Gasteiger partial charge on any atom is -0.491 e. The van der Waals surface area contributed by atoms with Crippen LogP contribution in [0, 0.1) is 11.6 Å². The quantitative estimate of drug-likeness (QED) is 0.927. The van der Waals surface area contributed by atoms with Crippen molar-refractivity contribution in [3.63, 3.8) is 0 Å². The van der Waals surface area contributed by atoms with E-state index in [0.717, 1.165) is 18.2 Å². The second-order valence-corrected chi connectivity index (χ2v) is 4.08. The molecule has 3 nitrogen and oxygen atoms in total. The summed E-state index contributed by atoms with van der Waals surface area (Å²) in [6, 6.07) is 7.38. The predicted octanol–water partition coefficient (Wildman–Crippen LogP) is 3.73. The van der Waals surface area contributed by atoms with Gasteiger partial charge in [-0.25, -0.2) is 13.6 Å². The lowest BCUT2D eigenvalue weighted by atomic mass is 10.0. The van der Waals surface area contributed by atoms with E-state index >= 15 is 0 Å². The van der Waals surface area contributed by atoms with Gasteiger partial charge in [0, 0.05) is 5.56 Å². The van der Waals surface area contributed by atoms with E-state index in [1.165, 1.54) is 18.2 Å². The molecule has 104 valence electrons. The van der Waals surface area contributed by atoms with E-state index in [1.807, 2.05) is 0 Å². The molecule has 0 amide bonds. The number of halogens is 2. The van der Waals surface area contributed by atoms with Gasteiger partial charge in [-0.1, -0.05) is 6.07 Å². The molecule has 1 N–H and O–H groups in total. The van der Waals surface area contributed by atoms with E-state index in [0.29, 0.717) is 6.61 Å². The van der Waals surface area contributed by atoms with E-state index in [9.17, 15) is 13.6 Å². The van der Waals surface area contributed by atoms with Crippen LogP contribution in [-0.4, -0.2) is 17.7 Å². The highest BCUT2D eigenvalue weighted by atomic mass is 19.1. The highest BCUT2D eigenvalue weighted by molar-refractivity contribution is 5.89. The molecule has 0 radical (unpaired) electrons. The Kier molecular flexibility index (Phi) is 3.98. The van der Waals surface area contributed by atoms with E-state index in [4.69, 9.17) is 9.84 Å². The fraction of sp³-hybridized carbons (Fsp3) is 0.133. The smallest absolute Gasteiger partial charge is 0.335 e. The minimum absolute atomic E-state index is 0.0341. The maximum absolute atomic E-state index is 13.8. The van der Waals surface area contributed by atoms with Crippen LogP contribution in [0.15, 0.2) is 36.4 Å². The fourth-order valence-corrected chi connectivity index (χ4v) is 1.82. The second kappa shape index (κ2) is 5.69. The van der Waals surface area contributed by atoms with Gasteiger partial charge in [0.05, 0.1) is 12.2 Å². The molecule has 0 spiro atoms. The number of benzene rings is 2. The molecule has 5 heteroatoms. The van der Waals surface area contributed by atoms with Crippen LogP contribution in [0.4, 0.5) is 8.78 Å². The number of ether oxygens (including phenoxy) is 1. The summed E-state index contributed by atoms with van der Waals surface area (Å²) >= 11 is 0. The topological polar surface area (TPSA) is 46.5 Å². The summed E-state index contributed by atoms with van der Waals surface area (Å²) in [5.41, 5.74) is 0.231. The normalized spacial score (nSPS) is 10.3. The summed E-state index contributed by atoms with van der Waals surface area (Å²) in [6.45, 7) is 2.04. The number of rotatable bonds is 4. The Labute approximate surface area is 114 Å². The van der Waals surface area contributed by atoms with Crippen LogP contribution in [0.2, 0.25) is 0 Å². The van der Waals surface area contributed by atoms with Crippen LogP contribution in [0.1, 0.15) is 17.3 Å². The van der Waals surface area contributed by atoms with E-state index in [-0.39, 0.29) is 22.4 Å². The predicted molar refractivity (Wildman–Crippen MR) is 69.9 cm³/mol. The Bertz CT molecular complexity index is 654. The standard InChI is InChI=1S/C15H12F2O3/c1-2-20-14-6-4-9(8-13(14)17)11-7-10(15(18)19)3-5-12(11)16/h3-8H,2H2,1H3,(H,18,19). The van der Waals surface area contributed by atoms with Crippen LogP contribution in [0.25, 0.3) is 11.1 Å². The second-order valence-electron chi connectivity index (χ2n) is 4.08. The molecule has 2 rings (SSSR count). The molecule has 0 fully saturated rings. The highest BCUT2D eigenvalue weighted by Crippen LogP contribution is 2.28. The van der Waals surface area contributed by atoms with Crippen molar-refractivity contribution in [2.24, 2.45) is 0 Å². The molecule has 0 atom stereocenters. The SMILES string of the molecule is CCOc1ccc(-c2cc(C(=O)O)ccc2F)cc1F. The lowest BCUT2D eigenvalue weighted by molar-refractivity contribution is 0.0697. The van der Waals surface area contributed by atoms with Gasteiger partial charge in [0.2, 0.25) is 0 Å². The van der Waals surface area contributed by atoms with E-state index in [2.05, 4.69) is 0 Å². The van der Waals surface area contributed by atoms with E-state index in [1.54, 1.807) is 6.92 Å². The van der Waals surface area contributed by atoms with Gasteiger partial charge in [-0.05, 0) is 42.8 Å². The average molecular weight is 278 g/mol. The Hall–Kier alpha value is -2.43. The third-order valence-corrected chi connectivity index (χ3v) is 2.76. The molecule has 0 bridgehead atoms. The molecule has 0 unspecified atom stereocenters. The van der Waals surface area contributed by atoms with Crippen molar-refractivity contribution >= 4 is 5.97 Å². The third-order valence-electron chi connectivity index (χ3n) is 2.76. The molecule has 0 aliphatic heterocycles. The summed E-state index contributed by atoms with van der Waals surface area (Å²) in [5, 5.41) is 8.90. The number of hydrogen-bond donors (Lipinski definition) is 1. The Morgan fingerprint density at radius 3 is 2.50 bits per heavy atom. The fourth-order valence-electron chi connectivity index (χ4n) is 1.82. The van der Waals surface area contributed by atoms with Crippen LogP contribution in [0.3, 0.4) is 0 Å². The number of aromatic carboxylic acids is 1. The number of carboxylic acid groups (broad SMARTS) is 1. The van der Waals surface area contributed by atoms with E-state index < -0.39 is 17.6 Å². The van der Waals surface area contributed by atoms with Gasteiger partial charge in [0.1, 0.15) is 5.82 Å². The van der Waals surface area contributed by atoms with Crippen LogP contribution < -0.4 is 4.74 Å². The zero-order chi connectivity index (χ0) is 14.7. The van der Waals surface area contributed by atoms with Crippen LogP contribution in [0.5, 0.6) is 5.75 Å². The molecule has 0 aromatic heterocycles. The van der Waals surface area contributed by atoms with Crippen molar-refractivity contribution in [1.82, 2.24) is 0 Å². The first-order valence-electron chi connectivity index (χ1n) is 5.98. The van der Waals surface area contributed by atoms with Gasteiger partial charge in [0.25, 0.3) is 0 Å². The lowest BCUT2D eigenvalue weighted by Gasteiger charge is -2.08. The molecule has 0 heterocycles. The molecule has 0 aliphatic rings. The van der Waals surface area contributed by atoms with Gasteiger partial charge in [-0.3, -0.25) is 0 Å². The first-order valence-corrected chi connectivity index (χ1v) is 5.98. The summed E-state index contributed by atoms with van der Waals surface area (Å²) in [5.74, 6) is -2.33. The molecular weight excluding hydrogens is 266 g/mol. The van der Waals surface area contributed by atoms with Gasteiger partial charge >= 0.3 is 5.97 Å². The molecule has 0 aliphatic carbocycles. The molecular formula is C15H12F2O3. The largest absolute Gasteiger partial charge is 0.491 e. The highest BCUT2D eigenvalue weighted by Gasteiger charge is 2.12. The van der Waals surface area contributed by atoms with Gasteiger partial charge in [0.15, 0.2) is 11.6 Å².